The van der Waals surface area contributed by atoms with Crippen LogP contribution >= 0.6 is 0 Å². The number of aliphatic hydroxyl groups is 1. The standard InChI is InChI=1S/C17H31N3O2/c1-11(8-15-13(3)19-20(7)14(15)4)16(22)18-10-17(5,6)9-12(2)21/h11-12,21H,8-10H2,1-7H3,(H,18,22). The fourth-order valence-corrected chi connectivity index (χ4v) is 2.88. The SMILES string of the molecule is Cc1nn(C)c(C)c1CC(C)C(=O)NCC(C)(C)CC(C)O. The van der Waals surface area contributed by atoms with Crippen LogP contribution in [0.5, 0.6) is 0 Å². The first-order chi connectivity index (χ1) is 10.0. The Morgan fingerprint density at radius 1 is 1.36 bits per heavy atom. The molecule has 1 heterocycles. The summed E-state index contributed by atoms with van der Waals surface area (Å²) in [5.74, 6) is -0.0368. The third-order valence-corrected chi connectivity index (χ3v) is 4.21. The number of nitrogens with one attached hydrogen (secondary N) is 1. The predicted octanol–water partition coefficient (Wildman–Crippen LogP) is 2.13. The van der Waals surface area contributed by atoms with Crippen molar-refractivity contribution in [3.8, 4) is 0 Å². The van der Waals surface area contributed by atoms with E-state index in [1.54, 1.807) is 6.92 Å². The fourth-order valence-electron chi connectivity index (χ4n) is 2.88. The minimum Gasteiger partial charge on any atom is -0.393 e. The van der Waals surface area contributed by atoms with Crippen molar-refractivity contribution >= 4 is 5.91 Å². The summed E-state index contributed by atoms with van der Waals surface area (Å²) in [6, 6.07) is 0. The summed E-state index contributed by atoms with van der Waals surface area (Å²) < 4.78 is 1.86. The van der Waals surface area contributed by atoms with Gasteiger partial charge in [0.25, 0.3) is 0 Å². The molecule has 5 nitrogen and oxygen atoms in total. The van der Waals surface area contributed by atoms with Gasteiger partial charge in [0.2, 0.25) is 5.91 Å². The van der Waals surface area contributed by atoms with Gasteiger partial charge >= 0.3 is 0 Å². The van der Waals surface area contributed by atoms with Crippen LogP contribution in [-0.4, -0.2) is 33.4 Å². The van der Waals surface area contributed by atoms with Gasteiger partial charge in [-0.25, -0.2) is 0 Å². The van der Waals surface area contributed by atoms with Crippen molar-refractivity contribution in [2.75, 3.05) is 6.54 Å². The Morgan fingerprint density at radius 2 is 1.95 bits per heavy atom. The third-order valence-electron chi connectivity index (χ3n) is 4.21. The van der Waals surface area contributed by atoms with E-state index in [0.717, 1.165) is 17.0 Å². The number of rotatable bonds is 7. The van der Waals surface area contributed by atoms with Gasteiger partial charge < -0.3 is 10.4 Å². The lowest BCUT2D eigenvalue weighted by Crippen LogP contribution is -2.38. The van der Waals surface area contributed by atoms with Crippen molar-refractivity contribution < 1.29 is 9.90 Å². The normalized spacial score (nSPS) is 14.7. The number of amides is 1. The monoisotopic (exact) mass is 309 g/mol. The summed E-state index contributed by atoms with van der Waals surface area (Å²) in [4.78, 5) is 12.3. The topological polar surface area (TPSA) is 67.2 Å². The first kappa shape index (κ1) is 18.7. The molecule has 126 valence electrons. The molecule has 0 bridgehead atoms. The molecule has 0 fully saturated rings. The van der Waals surface area contributed by atoms with E-state index in [9.17, 15) is 9.90 Å². The van der Waals surface area contributed by atoms with E-state index in [2.05, 4.69) is 24.3 Å². The van der Waals surface area contributed by atoms with Crippen LogP contribution in [0.1, 0.15) is 51.1 Å². The van der Waals surface area contributed by atoms with Crippen molar-refractivity contribution in [2.45, 2.75) is 60.5 Å². The van der Waals surface area contributed by atoms with Gasteiger partial charge in [0, 0.05) is 25.2 Å². The lowest BCUT2D eigenvalue weighted by molar-refractivity contribution is -0.125. The van der Waals surface area contributed by atoms with Gasteiger partial charge in [-0.3, -0.25) is 9.48 Å². The van der Waals surface area contributed by atoms with E-state index in [-0.39, 0.29) is 23.3 Å². The highest BCUT2D eigenvalue weighted by molar-refractivity contribution is 5.78. The number of nitrogens with zero attached hydrogens (tertiary/aromatic N) is 2. The highest BCUT2D eigenvalue weighted by Crippen LogP contribution is 2.22. The molecule has 0 aliphatic rings. The van der Waals surface area contributed by atoms with Crippen LogP contribution in [0.15, 0.2) is 0 Å². The zero-order valence-electron chi connectivity index (χ0n) is 15.0. The Balaban J connectivity index is 2.59. The van der Waals surface area contributed by atoms with Crippen LogP contribution in [0.3, 0.4) is 0 Å². The van der Waals surface area contributed by atoms with Crippen LogP contribution in [0.4, 0.5) is 0 Å². The lowest BCUT2D eigenvalue weighted by Gasteiger charge is -2.27. The molecule has 2 atom stereocenters. The first-order valence-electron chi connectivity index (χ1n) is 7.98. The largest absolute Gasteiger partial charge is 0.393 e. The fraction of sp³-hybridized carbons (Fsp3) is 0.765. The Morgan fingerprint density at radius 3 is 2.41 bits per heavy atom. The molecule has 1 aromatic rings. The molecular formula is C17H31N3O2. The molecule has 0 aliphatic heterocycles. The summed E-state index contributed by atoms with van der Waals surface area (Å²) in [6.07, 6.45) is 1.02. The van der Waals surface area contributed by atoms with Crippen LogP contribution in [0, 0.1) is 25.2 Å². The second kappa shape index (κ2) is 7.27. The molecule has 5 heteroatoms. The number of hydrogen-bond acceptors (Lipinski definition) is 3. The van der Waals surface area contributed by atoms with E-state index >= 15 is 0 Å². The van der Waals surface area contributed by atoms with E-state index in [1.165, 1.54) is 0 Å². The molecule has 0 saturated heterocycles. The van der Waals surface area contributed by atoms with Gasteiger partial charge in [-0.2, -0.15) is 5.10 Å². The maximum Gasteiger partial charge on any atom is 0.223 e. The minimum absolute atomic E-state index is 0.0568. The van der Waals surface area contributed by atoms with E-state index in [1.807, 2.05) is 32.5 Å². The van der Waals surface area contributed by atoms with Crippen molar-refractivity contribution in [1.29, 1.82) is 0 Å². The number of carbonyl (C=O) groups excluding carboxylic acids is 1. The molecule has 2 N–H and O–H groups in total. The molecule has 0 radical (unpaired) electrons. The Bertz CT molecular complexity index is 518. The summed E-state index contributed by atoms with van der Waals surface area (Å²) in [5, 5.41) is 16.9. The average Bonchev–Trinajstić information content (AvgIpc) is 2.61. The molecule has 1 rings (SSSR count). The highest BCUT2D eigenvalue weighted by Gasteiger charge is 2.23. The molecular weight excluding hydrogens is 278 g/mol. The summed E-state index contributed by atoms with van der Waals surface area (Å²) in [6.45, 7) is 12.4. The smallest absolute Gasteiger partial charge is 0.223 e. The van der Waals surface area contributed by atoms with E-state index in [0.29, 0.717) is 19.4 Å². The van der Waals surface area contributed by atoms with E-state index in [4.69, 9.17) is 0 Å². The Labute approximate surface area is 134 Å². The van der Waals surface area contributed by atoms with Crippen molar-refractivity contribution in [2.24, 2.45) is 18.4 Å². The van der Waals surface area contributed by atoms with Gasteiger partial charge in [0.15, 0.2) is 0 Å². The van der Waals surface area contributed by atoms with Crippen LogP contribution in [0.2, 0.25) is 0 Å². The minimum atomic E-state index is -0.356. The number of aryl methyl sites for hydroxylation is 2. The van der Waals surface area contributed by atoms with Crippen molar-refractivity contribution in [1.82, 2.24) is 15.1 Å². The highest BCUT2D eigenvalue weighted by atomic mass is 16.3. The summed E-state index contributed by atoms with van der Waals surface area (Å²) >= 11 is 0. The van der Waals surface area contributed by atoms with Crippen LogP contribution in [-0.2, 0) is 18.3 Å². The Kier molecular flexibility index (Phi) is 6.17. The quantitative estimate of drug-likeness (QED) is 0.811. The maximum absolute atomic E-state index is 12.3. The van der Waals surface area contributed by atoms with Crippen LogP contribution in [0.25, 0.3) is 0 Å². The average molecular weight is 309 g/mol. The molecule has 0 spiro atoms. The number of aliphatic hydroxyl groups excluding tert-OH is 1. The van der Waals surface area contributed by atoms with Gasteiger partial charge in [0.1, 0.15) is 0 Å². The number of carbonyl (C=O) groups is 1. The summed E-state index contributed by atoms with van der Waals surface area (Å²) in [7, 11) is 1.93. The number of aromatic nitrogens is 2. The van der Waals surface area contributed by atoms with Gasteiger partial charge in [0.05, 0.1) is 11.8 Å². The van der Waals surface area contributed by atoms with Gasteiger partial charge in [-0.1, -0.05) is 20.8 Å². The second-order valence-corrected chi connectivity index (χ2v) is 7.31. The van der Waals surface area contributed by atoms with Gasteiger partial charge in [-0.05, 0) is 44.6 Å². The lowest BCUT2D eigenvalue weighted by atomic mass is 9.86. The second-order valence-electron chi connectivity index (χ2n) is 7.31. The van der Waals surface area contributed by atoms with Crippen molar-refractivity contribution in [3.63, 3.8) is 0 Å². The zero-order chi connectivity index (χ0) is 17.1. The predicted molar refractivity (Wildman–Crippen MR) is 88.6 cm³/mol. The molecule has 0 saturated carbocycles. The van der Waals surface area contributed by atoms with Crippen LogP contribution < -0.4 is 5.32 Å². The molecule has 22 heavy (non-hydrogen) atoms. The molecule has 0 aromatic carbocycles. The van der Waals surface area contributed by atoms with Gasteiger partial charge in [-0.15, -0.1) is 0 Å². The number of hydrogen-bond donors (Lipinski definition) is 2. The maximum atomic E-state index is 12.3. The van der Waals surface area contributed by atoms with Crippen molar-refractivity contribution in [3.05, 3.63) is 17.0 Å². The molecule has 1 aromatic heterocycles. The third kappa shape index (κ3) is 5.13. The summed E-state index contributed by atoms with van der Waals surface area (Å²) in [5.41, 5.74) is 3.16. The zero-order valence-corrected chi connectivity index (χ0v) is 15.0. The molecule has 1 amide bonds. The molecule has 2 unspecified atom stereocenters. The molecule has 0 aliphatic carbocycles. The first-order valence-corrected chi connectivity index (χ1v) is 7.98. The Hall–Kier alpha value is -1.36. The van der Waals surface area contributed by atoms with E-state index < -0.39 is 0 Å².